The minimum atomic E-state index is 0.188. The van der Waals surface area contributed by atoms with E-state index in [0.29, 0.717) is 13.0 Å². The Morgan fingerprint density at radius 3 is 2.25 bits per heavy atom. The van der Waals surface area contributed by atoms with Crippen molar-refractivity contribution in [2.45, 2.75) is 51.0 Å². The number of rotatable bonds is 9. The normalized spacial score (nSPS) is 14.4. The number of nitrogens with one attached hydrogen (secondary N) is 2. The highest BCUT2D eigenvalue weighted by molar-refractivity contribution is 5.61. The summed E-state index contributed by atoms with van der Waals surface area (Å²) in [7, 11) is 0. The predicted molar refractivity (Wildman–Crippen MR) is 119 cm³/mol. The van der Waals surface area contributed by atoms with Crippen LogP contribution in [0, 0.1) is 0 Å². The van der Waals surface area contributed by atoms with E-state index in [1.54, 1.807) is 0 Å². The van der Waals surface area contributed by atoms with E-state index in [-0.39, 0.29) is 5.76 Å². The molecule has 0 heterocycles. The first-order valence-electron chi connectivity index (χ1n) is 10.3. The Morgan fingerprint density at radius 2 is 1.61 bits per heavy atom. The first-order chi connectivity index (χ1) is 13.6. The van der Waals surface area contributed by atoms with Crippen molar-refractivity contribution in [3.8, 4) is 0 Å². The molecule has 148 valence electrons. The number of hydrogen-bond donors (Lipinski definition) is 3. The Bertz CT molecular complexity index is 771. The van der Waals surface area contributed by atoms with Gasteiger partial charge in [0.2, 0.25) is 0 Å². The molecular formula is C25H32N2O. The fourth-order valence-corrected chi connectivity index (χ4v) is 3.80. The Morgan fingerprint density at radius 1 is 0.929 bits per heavy atom. The number of aliphatic hydroxyl groups is 1. The summed E-state index contributed by atoms with van der Waals surface area (Å²) in [6.45, 7) is 8.97. The van der Waals surface area contributed by atoms with Crippen LogP contribution < -0.4 is 10.6 Å². The minimum Gasteiger partial charge on any atom is -0.513 e. The monoisotopic (exact) mass is 376 g/mol. The Balaban J connectivity index is 1.47. The van der Waals surface area contributed by atoms with E-state index in [1.807, 2.05) is 0 Å². The van der Waals surface area contributed by atoms with Gasteiger partial charge in [-0.1, -0.05) is 68.8 Å². The van der Waals surface area contributed by atoms with Crippen LogP contribution in [0.1, 0.15) is 61.1 Å². The van der Waals surface area contributed by atoms with Crippen molar-refractivity contribution in [3.63, 3.8) is 0 Å². The van der Waals surface area contributed by atoms with Gasteiger partial charge in [0.05, 0.1) is 5.76 Å². The maximum atomic E-state index is 9.14. The molecule has 1 fully saturated rings. The van der Waals surface area contributed by atoms with Crippen molar-refractivity contribution in [2.24, 2.45) is 0 Å². The van der Waals surface area contributed by atoms with Crippen molar-refractivity contribution in [1.29, 1.82) is 0 Å². The number of benzene rings is 2. The SMILES string of the molecule is C=C(O)CCNC(=C)c1ccc(CNc2ccc(C3CCCCC3)cc2)cc1. The Kier molecular flexibility index (Phi) is 7.18. The smallest absolute Gasteiger partial charge is 0.0868 e. The van der Waals surface area contributed by atoms with E-state index >= 15 is 0 Å². The zero-order valence-corrected chi connectivity index (χ0v) is 16.7. The fourth-order valence-electron chi connectivity index (χ4n) is 3.80. The van der Waals surface area contributed by atoms with Gasteiger partial charge in [-0.15, -0.1) is 0 Å². The van der Waals surface area contributed by atoms with E-state index in [4.69, 9.17) is 5.11 Å². The maximum absolute atomic E-state index is 9.14. The average molecular weight is 377 g/mol. The van der Waals surface area contributed by atoms with Gasteiger partial charge < -0.3 is 15.7 Å². The van der Waals surface area contributed by atoms with Gasteiger partial charge in [-0.25, -0.2) is 0 Å². The highest BCUT2D eigenvalue weighted by Crippen LogP contribution is 2.33. The molecule has 0 radical (unpaired) electrons. The minimum absolute atomic E-state index is 0.188. The summed E-state index contributed by atoms with van der Waals surface area (Å²) < 4.78 is 0. The molecule has 2 aromatic rings. The van der Waals surface area contributed by atoms with Gasteiger partial charge in [0.1, 0.15) is 0 Å². The summed E-state index contributed by atoms with van der Waals surface area (Å²) in [5.41, 5.74) is 5.81. The van der Waals surface area contributed by atoms with Crippen LogP contribution in [0.3, 0.4) is 0 Å². The van der Waals surface area contributed by atoms with Gasteiger partial charge in [-0.05, 0) is 47.6 Å². The van der Waals surface area contributed by atoms with Crippen LogP contribution in [0.5, 0.6) is 0 Å². The van der Waals surface area contributed by atoms with Gasteiger partial charge in [0, 0.05) is 30.9 Å². The second-order valence-electron chi connectivity index (χ2n) is 7.73. The van der Waals surface area contributed by atoms with E-state index in [9.17, 15) is 0 Å². The molecule has 0 unspecified atom stereocenters. The number of anilines is 1. The second-order valence-corrected chi connectivity index (χ2v) is 7.73. The molecule has 1 aliphatic rings. The lowest BCUT2D eigenvalue weighted by molar-refractivity contribution is 0.391. The third-order valence-electron chi connectivity index (χ3n) is 5.54. The van der Waals surface area contributed by atoms with Gasteiger partial charge in [0.15, 0.2) is 0 Å². The van der Waals surface area contributed by atoms with Crippen molar-refractivity contribution in [1.82, 2.24) is 5.32 Å². The van der Waals surface area contributed by atoms with Crippen molar-refractivity contribution in [3.05, 3.63) is 84.1 Å². The molecule has 1 saturated carbocycles. The molecule has 0 spiro atoms. The Labute approximate surface area is 169 Å². The van der Waals surface area contributed by atoms with Crippen LogP contribution in [-0.4, -0.2) is 11.7 Å². The summed E-state index contributed by atoms with van der Waals surface area (Å²) in [5.74, 6) is 0.945. The molecule has 3 heteroatoms. The molecular weight excluding hydrogens is 344 g/mol. The van der Waals surface area contributed by atoms with Crippen molar-refractivity contribution >= 4 is 11.4 Å². The molecule has 0 atom stereocenters. The van der Waals surface area contributed by atoms with Crippen LogP contribution in [-0.2, 0) is 6.54 Å². The summed E-state index contributed by atoms with van der Waals surface area (Å²) in [6, 6.07) is 17.4. The highest BCUT2D eigenvalue weighted by atomic mass is 16.3. The third-order valence-corrected chi connectivity index (χ3v) is 5.54. The zero-order valence-electron chi connectivity index (χ0n) is 16.7. The van der Waals surface area contributed by atoms with E-state index in [1.165, 1.54) is 48.9 Å². The van der Waals surface area contributed by atoms with Crippen LogP contribution in [0.2, 0.25) is 0 Å². The molecule has 1 aliphatic carbocycles. The Hall–Kier alpha value is -2.68. The van der Waals surface area contributed by atoms with Gasteiger partial charge in [0.25, 0.3) is 0 Å². The molecule has 28 heavy (non-hydrogen) atoms. The van der Waals surface area contributed by atoms with Crippen LogP contribution in [0.25, 0.3) is 5.70 Å². The van der Waals surface area contributed by atoms with E-state index < -0.39 is 0 Å². The third kappa shape index (κ3) is 5.91. The fraction of sp³-hybridized carbons (Fsp3) is 0.360. The summed E-state index contributed by atoms with van der Waals surface area (Å²) >= 11 is 0. The predicted octanol–water partition coefficient (Wildman–Crippen LogP) is 6.37. The summed E-state index contributed by atoms with van der Waals surface area (Å²) in [5, 5.41) is 15.9. The van der Waals surface area contributed by atoms with E-state index in [2.05, 4.69) is 72.3 Å². The van der Waals surface area contributed by atoms with E-state index in [0.717, 1.165) is 23.7 Å². The lowest BCUT2D eigenvalue weighted by atomic mass is 9.84. The summed E-state index contributed by atoms with van der Waals surface area (Å²) in [6.07, 6.45) is 7.36. The standard InChI is InChI=1S/C25H32N2O/c1-19(28)16-17-26-20(2)22-10-8-21(9-11-22)18-27-25-14-12-24(13-15-25)23-6-4-3-5-7-23/h8-15,23,26-28H,1-7,16-18H2. The average Bonchev–Trinajstić information content (AvgIpc) is 2.73. The van der Waals surface area contributed by atoms with Gasteiger partial charge in [-0.3, -0.25) is 0 Å². The zero-order chi connectivity index (χ0) is 19.8. The van der Waals surface area contributed by atoms with Crippen LogP contribution >= 0.6 is 0 Å². The van der Waals surface area contributed by atoms with Gasteiger partial charge >= 0.3 is 0 Å². The van der Waals surface area contributed by atoms with Crippen molar-refractivity contribution < 1.29 is 5.11 Å². The molecule has 3 N–H and O–H groups in total. The molecule has 0 aromatic heterocycles. The molecule has 0 aliphatic heterocycles. The molecule has 0 amide bonds. The quantitative estimate of drug-likeness (QED) is 0.446. The lowest BCUT2D eigenvalue weighted by Crippen LogP contribution is -2.13. The lowest BCUT2D eigenvalue weighted by Gasteiger charge is -2.22. The second kappa shape index (κ2) is 10.0. The topological polar surface area (TPSA) is 44.3 Å². The van der Waals surface area contributed by atoms with Crippen molar-refractivity contribution in [2.75, 3.05) is 11.9 Å². The molecule has 0 bridgehead atoms. The highest BCUT2D eigenvalue weighted by Gasteiger charge is 2.14. The van der Waals surface area contributed by atoms with Crippen LogP contribution in [0.4, 0.5) is 5.69 Å². The summed E-state index contributed by atoms with van der Waals surface area (Å²) in [4.78, 5) is 0. The number of hydrogen-bond acceptors (Lipinski definition) is 3. The molecule has 2 aromatic carbocycles. The molecule has 3 rings (SSSR count). The first-order valence-corrected chi connectivity index (χ1v) is 10.3. The first kappa shape index (κ1) is 20.1. The molecule has 3 nitrogen and oxygen atoms in total. The molecule has 0 saturated heterocycles. The maximum Gasteiger partial charge on any atom is 0.0868 e. The van der Waals surface area contributed by atoms with Gasteiger partial charge in [-0.2, -0.15) is 0 Å². The largest absolute Gasteiger partial charge is 0.513 e. The van der Waals surface area contributed by atoms with Crippen LogP contribution in [0.15, 0.2) is 67.4 Å². The number of aliphatic hydroxyl groups excluding tert-OH is 1.